The van der Waals surface area contributed by atoms with E-state index in [9.17, 15) is 8.42 Å². The van der Waals surface area contributed by atoms with Crippen molar-refractivity contribution in [2.75, 3.05) is 0 Å². The number of aryl methyl sites for hydroxylation is 1. The van der Waals surface area contributed by atoms with Crippen molar-refractivity contribution in [2.24, 2.45) is 0 Å². The van der Waals surface area contributed by atoms with Crippen LogP contribution in [0.15, 0.2) is 51.1 Å². The average molecular weight is 292 g/mol. The van der Waals surface area contributed by atoms with Crippen LogP contribution < -0.4 is 0 Å². The highest BCUT2D eigenvalue weighted by Crippen LogP contribution is 2.18. The Morgan fingerprint density at radius 2 is 1.85 bits per heavy atom. The minimum atomic E-state index is -3.52. The van der Waals surface area contributed by atoms with Crippen LogP contribution in [0.25, 0.3) is 6.08 Å². The largest absolute Gasteiger partial charge is 0.421 e. The Kier molecular flexibility index (Phi) is 3.76. The molecule has 0 bridgehead atoms. The number of hydrogen-bond donors (Lipinski definition) is 1. The summed E-state index contributed by atoms with van der Waals surface area (Å²) in [6.07, 6.45) is 1.32. The van der Waals surface area contributed by atoms with E-state index in [1.165, 1.54) is 18.2 Å². The fourth-order valence-corrected chi connectivity index (χ4v) is 2.52. The summed E-state index contributed by atoms with van der Waals surface area (Å²) in [7, 11) is -3.52. The maximum atomic E-state index is 12.1. The van der Waals surface area contributed by atoms with E-state index in [-0.39, 0.29) is 10.8 Å². The molecule has 6 heteroatoms. The summed E-state index contributed by atoms with van der Waals surface area (Å²) >= 11 is 0. The van der Waals surface area contributed by atoms with Gasteiger partial charge in [0.05, 0.1) is 11.0 Å². The molecule has 0 atom stereocenters. The highest BCUT2D eigenvalue weighted by molar-refractivity contribution is 7.94. The molecule has 0 saturated carbocycles. The summed E-state index contributed by atoms with van der Waals surface area (Å²) in [6.45, 7) is 5.12. The fraction of sp³-hybridized carbons (Fsp3) is 0.0714. The molecule has 0 aliphatic rings. The standard InChI is InChI=1S/C14H14NO4S/c1-11-3-6-13(7-4-11)20(17,18)10-9-12-5-8-14(19-12)15(2)16/h3-10,16H,2H2,1H3/q+1/b10-9+. The predicted octanol–water partition coefficient (Wildman–Crippen LogP) is 2.77. The van der Waals surface area contributed by atoms with Gasteiger partial charge in [-0.1, -0.05) is 17.7 Å². The Morgan fingerprint density at radius 3 is 2.40 bits per heavy atom. The zero-order chi connectivity index (χ0) is 14.8. The van der Waals surface area contributed by atoms with Gasteiger partial charge in [-0.05, 0) is 31.2 Å². The van der Waals surface area contributed by atoms with Crippen LogP contribution in [0.2, 0.25) is 0 Å². The SMILES string of the molecule is C=[N+](O)c1ccc(/C=C/S(=O)(=O)c2ccc(C)cc2)o1. The number of furan rings is 1. The van der Waals surface area contributed by atoms with Crippen LogP contribution in [0.1, 0.15) is 11.3 Å². The second kappa shape index (κ2) is 5.34. The number of hydrogen-bond acceptors (Lipinski definition) is 4. The summed E-state index contributed by atoms with van der Waals surface area (Å²) in [5.74, 6) is 0.427. The van der Waals surface area contributed by atoms with Crippen molar-refractivity contribution in [1.82, 2.24) is 0 Å². The first kappa shape index (κ1) is 14.1. The van der Waals surface area contributed by atoms with E-state index in [1.54, 1.807) is 24.3 Å². The quantitative estimate of drug-likeness (QED) is 0.407. The van der Waals surface area contributed by atoms with E-state index in [1.807, 2.05) is 6.92 Å². The highest BCUT2D eigenvalue weighted by Gasteiger charge is 2.12. The first-order chi connectivity index (χ1) is 9.38. The Bertz CT molecular complexity index is 755. The van der Waals surface area contributed by atoms with Crippen molar-refractivity contribution in [1.29, 1.82) is 0 Å². The van der Waals surface area contributed by atoms with Crippen molar-refractivity contribution >= 4 is 28.5 Å². The number of nitrogens with zero attached hydrogens (tertiary/aromatic N) is 1. The second-order valence-electron chi connectivity index (χ2n) is 4.24. The third-order valence-corrected chi connectivity index (χ3v) is 4.05. The molecule has 1 aromatic heterocycles. The molecule has 5 nitrogen and oxygen atoms in total. The lowest BCUT2D eigenvalue weighted by molar-refractivity contribution is -0.714. The Labute approximate surface area is 117 Å². The third kappa shape index (κ3) is 3.16. The van der Waals surface area contributed by atoms with Gasteiger partial charge in [-0.3, -0.25) is 5.21 Å². The van der Waals surface area contributed by atoms with Gasteiger partial charge in [0.1, 0.15) is 5.76 Å². The van der Waals surface area contributed by atoms with E-state index in [0.717, 1.165) is 11.0 Å². The van der Waals surface area contributed by atoms with Crippen LogP contribution >= 0.6 is 0 Å². The molecule has 2 rings (SSSR count). The molecule has 20 heavy (non-hydrogen) atoms. The molecule has 1 heterocycles. The monoisotopic (exact) mass is 292 g/mol. The molecule has 0 aliphatic heterocycles. The van der Waals surface area contributed by atoms with Crippen molar-refractivity contribution < 1.29 is 22.8 Å². The molecule has 0 spiro atoms. The van der Waals surface area contributed by atoms with Crippen molar-refractivity contribution in [2.45, 2.75) is 11.8 Å². The molecule has 0 aliphatic carbocycles. The van der Waals surface area contributed by atoms with Crippen LogP contribution in [-0.2, 0) is 9.84 Å². The van der Waals surface area contributed by atoms with E-state index in [0.29, 0.717) is 10.5 Å². The minimum Gasteiger partial charge on any atom is -0.402 e. The summed E-state index contributed by atoms with van der Waals surface area (Å²) in [5.41, 5.74) is 0.988. The van der Waals surface area contributed by atoms with E-state index in [2.05, 4.69) is 6.72 Å². The first-order valence-electron chi connectivity index (χ1n) is 5.78. The topological polar surface area (TPSA) is 70.5 Å². The predicted molar refractivity (Wildman–Crippen MR) is 74.9 cm³/mol. The Morgan fingerprint density at radius 1 is 1.20 bits per heavy atom. The van der Waals surface area contributed by atoms with Gasteiger partial charge < -0.3 is 4.42 Å². The number of rotatable bonds is 4. The number of benzene rings is 1. The zero-order valence-electron chi connectivity index (χ0n) is 10.9. The molecule has 0 saturated heterocycles. The van der Waals surface area contributed by atoms with Crippen molar-refractivity contribution in [3.8, 4) is 0 Å². The van der Waals surface area contributed by atoms with E-state index >= 15 is 0 Å². The molecule has 0 amide bonds. The molecule has 2 aromatic rings. The second-order valence-corrected chi connectivity index (χ2v) is 6.07. The zero-order valence-corrected chi connectivity index (χ0v) is 11.7. The molecule has 1 N–H and O–H groups in total. The van der Waals surface area contributed by atoms with Crippen molar-refractivity contribution in [3.63, 3.8) is 0 Å². The summed E-state index contributed by atoms with van der Waals surface area (Å²) in [5, 5.41) is 10.1. The van der Waals surface area contributed by atoms with Gasteiger partial charge in [0.2, 0.25) is 0 Å². The van der Waals surface area contributed by atoms with Gasteiger partial charge in [-0.25, -0.2) is 8.42 Å². The van der Waals surface area contributed by atoms with Crippen molar-refractivity contribution in [3.05, 3.63) is 53.1 Å². The van der Waals surface area contributed by atoms with Crippen LogP contribution in [0, 0.1) is 6.92 Å². The van der Waals surface area contributed by atoms with Gasteiger partial charge in [0.25, 0.3) is 0 Å². The maximum Gasteiger partial charge on any atom is 0.421 e. The smallest absolute Gasteiger partial charge is 0.402 e. The minimum absolute atomic E-state index is 0.123. The fourth-order valence-electron chi connectivity index (χ4n) is 1.53. The molecule has 104 valence electrons. The lowest BCUT2D eigenvalue weighted by Gasteiger charge is -1.99. The van der Waals surface area contributed by atoms with Crippen LogP contribution in [-0.4, -0.2) is 25.1 Å². The molecular weight excluding hydrogens is 278 g/mol. The highest BCUT2D eigenvalue weighted by atomic mass is 32.2. The first-order valence-corrected chi connectivity index (χ1v) is 7.32. The van der Waals surface area contributed by atoms with Crippen LogP contribution in [0.5, 0.6) is 0 Å². The Balaban J connectivity index is 2.25. The van der Waals surface area contributed by atoms with Gasteiger partial charge in [-0.15, -0.1) is 0 Å². The molecular formula is C14H14NO4S+. The van der Waals surface area contributed by atoms with Crippen LogP contribution in [0.4, 0.5) is 5.88 Å². The lowest BCUT2D eigenvalue weighted by atomic mass is 10.2. The van der Waals surface area contributed by atoms with Gasteiger partial charge in [0, 0.05) is 10.1 Å². The maximum absolute atomic E-state index is 12.1. The van der Waals surface area contributed by atoms with E-state index < -0.39 is 9.84 Å². The van der Waals surface area contributed by atoms with E-state index in [4.69, 9.17) is 9.62 Å². The summed E-state index contributed by atoms with van der Waals surface area (Å²) in [4.78, 5) is 0.215. The Hall–Kier alpha value is -2.34. The normalized spacial score (nSPS) is 11.8. The lowest BCUT2D eigenvalue weighted by Crippen LogP contribution is -1.95. The third-order valence-electron chi connectivity index (χ3n) is 2.63. The molecule has 0 unspecified atom stereocenters. The summed E-state index contributed by atoms with van der Waals surface area (Å²) < 4.78 is 29.8. The molecule has 0 radical (unpaired) electrons. The van der Waals surface area contributed by atoms with Gasteiger partial charge in [0.15, 0.2) is 16.6 Å². The number of sulfone groups is 1. The van der Waals surface area contributed by atoms with Gasteiger partial charge >= 0.3 is 5.88 Å². The van der Waals surface area contributed by atoms with Crippen LogP contribution in [0.3, 0.4) is 0 Å². The average Bonchev–Trinajstić information content (AvgIpc) is 2.86. The summed E-state index contributed by atoms with van der Waals surface area (Å²) in [6, 6.07) is 9.58. The molecule has 1 aromatic carbocycles. The molecule has 0 fully saturated rings. The van der Waals surface area contributed by atoms with Gasteiger partial charge in [-0.2, -0.15) is 0 Å².